The summed E-state index contributed by atoms with van der Waals surface area (Å²) >= 11 is 0. The van der Waals surface area contributed by atoms with Gasteiger partial charge in [-0.2, -0.15) is 0 Å². The van der Waals surface area contributed by atoms with Gasteiger partial charge < -0.3 is 26.0 Å². The first-order valence-corrected chi connectivity index (χ1v) is 11.5. The van der Waals surface area contributed by atoms with Gasteiger partial charge in [0.05, 0.1) is 6.42 Å². The van der Waals surface area contributed by atoms with Crippen molar-refractivity contribution in [2.24, 2.45) is 5.73 Å². The summed E-state index contributed by atoms with van der Waals surface area (Å²) in [5.74, 6) is -1.74. The lowest BCUT2D eigenvalue weighted by Gasteiger charge is -2.38. The number of aryl methyl sites for hydroxylation is 1. The molecule has 0 radical (unpaired) electrons. The van der Waals surface area contributed by atoms with E-state index in [9.17, 15) is 19.2 Å². The number of amides is 4. The zero-order chi connectivity index (χ0) is 26.4. The Morgan fingerprint density at radius 2 is 1.62 bits per heavy atom. The molecule has 1 aromatic rings. The topological polar surface area (TPSA) is 131 Å². The highest BCUT2D eigenvalue weighted by Crippen LogP contribution is 2.29. The van der Waals surface area contributed by atoms with Crippen LogP contribution in [-0.4, -0.2) is 52.4 Å². The minimum Gasteiger partial charge on any atom is -0.444 e. The summed E-state index contributed by atoms with van der Waals surface area (Å²) in [7, 11) is 0. The maximum absolute atomic E-state index is 13.8. The molecule has 4 amide bonds. The minimum atomic E-state index is -1.30. The molecular formula is C25H40N4O5. The van der Waals surface area contributed by atoms with Crippen LogP contribution in [0.25, 0.3) is 0 Å². The van der Waals surface area contributed by atoms with Crippen molar-refractivity contribution < 1.29 is 23.9 Å². The first kappa shape index (κ1) is 28.9. The fourth-order valence-electron chi connectivity index (χ4n) is 3.56. The van der Waals surface area contributed by atoms with E-state index >= 15 is 0 Å². The van der Waals surface area contributed by atoms with Crippen LogP contribution >= 0.6 is 0 Å². The molecule has 0 saturated carbocycles. The van der Waals surface area contributed by atoms with Crippen LogP contribution in [0.15, 0.2) is 18.2 Å². The van der Waals surface area contributed by atoms with Crippen molar-refractivity contribution in [2.45, 2.75) is 98.5 Å². The predicted molar refractivity (Wildman–Crippen MR) is 131 cm³/mol. The lowest BCUT2D eigenvalue weighted by molar-refractivity contribution is -0.145. The van der Waals surface area contributed by atoms with E-state index in [1.54, 1.807) is 40.7 Å². The number of nitrogens with two attached hydrogens (primary N) is 1. The van der Waals surface area contributed by atoms with E-state index in [2.05, 4.69) is 10.6 Å². The largest absolute Gasteiger partial charge is 0.444 e. The number of carbonyl (C=O) groups is 4. The first-order chi connectivity index (χ1) is 15.5. The molecule has 0 bridgehead atoms. The summed E-state index contributed by atoms with van der Waals surface area (Å²) in [6, 6.07) is 2.69. The van der Waals surface area contributed by atoms with E-state index in [0.29, 0.717) is 5.56 Å². The number of hydrogen-bond donors (Lipinski definition) is 3. The highest BCUT2D eigenvalue weighted by Gasteiger charge is 2.39. The number of alkyl carbamates (subject to hydrolysis) is 1. The molecule has 0 aliphatic heterocycles. The van der Waals surface area contributed by atoms with Crippen LogP contribution in [-0.2, 0) is 19.1 Å². The molecule has 0 aliphatic carbocycles. The maximum atomic E-state index is 13.8. The molecular weight excluding hydrogens is 436 g/mol. The number of rotatable bonds is 9. The second-order valence-corrected chi connectivity index (χ2v) is 10.1. The van der Waals surface area contributed by atoms with E-state index in [0.717, 1.165) is 11.1 Å². The Labute approximate surface area is 202 Å². The first-order valence-electron chi connectivity index (χ1n) is 11.5. The van der Waals surface area contributed by atoms with E-state index in [1.165, 1.54) is 4.90 Å². The van der Waals surface area contributed by atoms with Crippen molar-refractivity contribution >= 4 is 23.8 Å². The van der Waals surface area contributed by atoms with Gasteiger partial charge >= 0.3 is 6.09 Å². The number of primary amides is 1. The third-order valence-corrected chi connectivity index (χ3v) is 5.10. The molecule has 0 heterocycles. The molecule has 0 spiro atoms. The quantitative estimate of drug-likeness (QED) is 0.504. The zero-order valence-corrected chi connectivity index (χ0v) is 21.8. The Morgan fingerprint density at radius 3 is 2.09 bits per heavy atom. The van der Waals surface area contributed by atoms with Gasteiger partial charge in [-0.05, 0) is 79.0 Å². The lowest BCUT2D eigenvalue weighted by atomic mass is 9.94. The summed E-state index contributed by atoms with van der Waals surface area (Å²) in [5.41, 5.74) is 7.08. The molecule has 34 heavy (non-hydrogen) atoms. The minimum absolute atomic E-state index is 0.162. The molecule has 9 heteroatoms. The Bertz CT molecular complexity index is 905. The summed E-state index contributed by atoms with van der Waals surface area (Å²) in [6.45, 7) is 16.1. The van der Waals surface area contributed by atoms with Crippen LogP contribution in [0.4, 0.5) is 4.79 Å². The third-order valence-electron chi connectivity index (χ3n) is 5.10. The highest BCUT2D eigenvalue weighted by molar-refractivity contribution is 5.95. The molecule has 0 aromatic heterocycles. The van der Waals surface area contributed by atoms with Crippen LogP contribution in [0, 0.1) is 13.8 Å². The fraction of sp³-hybridized carbons (Fsp3) is 0.600. The van der Waals surface area contributed by atoms with Crippen LogP contribution in [0.5, 0.6) is 0 Å². The van der Waals surface area contributed by atoms with Crippen LogP contribution < -0.4 is 16.4 Å². The van der Waals surface area contributed by atoms with Crippen molar-refractivity contribution in [3.63, 3.8) is 0 Å². The molecule has 0 saturated heterocycles. The van der Waals surface area contributed by atoms with Crippen LogP contribution in [0.3, 0.4) is 0 Å². The average Bonchev–Trinajstić information content (AvgIpc) is 2.64. The van der Waals surface area contributed by atoms with Crippen molar-refractivity contribution in [3.8, 4) is 0 Å². The van der Waals surface area contributed by atoms with Gasteiger partial charge in [0.25, 0.3) is 0 Å². The molecule has 4 N–H and O–H groups in total. The zero-order valence-electron chi connectivity index (χ0n) is 21.8. The normalized spacial score (nSPS) is 13.3. The van der Waals surface area contributed by atoms with Crippen molar-refractivity contribution in [2.75, 3.05) is 0 Å². The number of nitrogens with one attached hydrogen (secondary N) is 2. The summed E-state index contributed by atoms with van der Waals surface area (Å²) in [5, 5.41) is 5.36. The monoisotopic (exact) mass is 476 g/mol. The lowest BCUT2D eigenvalue weighted by Crippen LogP contribution is -2.56. The number of carbonyl (C=O) groups excluding carboxylic acids is 4. The Kier molecular flexibility index (Phi) is 10.1. The Hall–Kier alpha value is -3.10. The maximum Gasteiger partial charge on any atom is 0.408 e. The molecule has 0 aliphatic rings. The molecule has 190 valence electrons. The Balaban J connectivity index is 3.55. The van der Waals surface area contributed by atoms with E-state index in [4.69, 9.17) is 10.5 Å². The Morgan fingerprint density at radius 1 is 1.03 bits per heavy atom. The van der Waals surface area contributed by atoms with Gasteiger partial charge in [-0.3, -0.25) is 14.4 Å². The average molecular weight is 477 g/mol. The summed E-state index contributed by atoms with van der Waals surface area (Å²) < 4.78 is 5.27. The van der Waals surface area contributed by atoms with E-state index < -0.39 is 48.1 Å². The molecule has 0 fully saturated rings. The standard InChI is InChI=1S/C25H40N4O5/c1-14(2)27-22(31)21(18-12-10-11-16(5)17(18)6)29(15(3)4)23(32)19(13-20(26)30)28-24(33)34-25(7,8)9/h10-12,14-15,19,21H,13H2,1-9H3,(H2,26,30)(H,27,31)(H,28,33). The van der Waals surface area contributed by atoms with Gasteiger partial charge in [-0.25, -0.2) is 4.79 Å². The van der Waals surface area contributed by atoms with Crippen LogP contribution in [0.1, 0.15) is 77.6 Å². The smallest absolute Gasteiger partial charge is 0.408 e. The van der Waals surface area contributed by atoms with Crippen molar-refractivity contribution in [1.82, 2.24) is 15.5 Å². The van der Waals surface area contributed by atoms with Gasteiger partial charge in [0.15, 0.2) is 0 Å². The second-order valence-electron chi connectivity index (χ2n) is 10.1. The SMILES string of the molecule is Cc1cccc(C(C(=O)NC(C)C)N(C(=O)C(CC(N)=O)NC(=O)OC(C)(C)C)C(C)C)c1C. The van der Waals surface area contributed by atoms with Crippen molar-refractivity contribution in [3.05, 3.63) is 34.9 Å². The van der Waals surface area contributed by atoms with Gasteiger partial charge in [-0.1, -0.05) is 18.2 Å². The molecule has 2 unspecified atom stereocenters. The summed E-state index contributed by atoms with van der Waals surface area (Å²) in [6.07, 6.45) is -1.29. The van der Waals surface area contributed by atoms with Gasteiger partial charge in [0, 0.05) is 12.1 Å². The van der Waals surface area contributed by atoms with Gasteiger partial charge in [-0.15, -0.1) is 0 Å². The summed E-state index contributed by atoms with van der Waals surface area (Å²) in [4.78, 5) is 52.8. The van der Waals surface area contributed by atoms with Crippen molar-refractivity contribution in [1.29, 1.82) is 0 Å². The fourth-order valence-corrected chi connectivity index (χ4v) is 3.56. The molecule has 2 atom stereocenters. The van der Waals surface area contributed by atoms with E-state index in [1.807, 2.05) is 39.8 Å². The number of ether oxygens (including phenoxy) is 1. The second kappa shape index (κ2) is 11.9. The number of benzene rings is 1. The highest BCUT2D eigenvalue weighted by atomic mass is 16.6. The molecule has 9 nitrogen and oxygen atoms in total. The van der Waals surface area contributed by atoms with Crippen LogP contribution in [0.2, 0.25) is 0 Å². The molecule has 1 rings (SSSR count). The van der Waals surface area contributed by atoms with Gasteiger partial charge in [0.1, 0.15) is 17.7 Å². The van der Waals surface area contributed by atoms with Gasteiger partial charge in [0.2, 0.25) is 17.7 Å². The number of hydrogen-bond acceptors (Lipinski definition) is 5. The predicted octanol–water partition coefficient (Wildman–Crippen LogP) is 2.87. The molecule has 1 aromatic carbocycles. The number of nitrogens with zero attached hydrogens (tertiary/aromatic N) is 1. The van der Waals surface area contributed by atoms with E-state index in [-0.39, 0.29) is 11.9 Å². The third kappa shape index (κ3) is 8.35.